The molecule has 0 heterocycles. The first kappa shape index (κ1) is 22.0. The van der Waals surface area contributed by atoms with Gasteiger partial charge in [0, 0.05) is 11.4 Å². The van der Waals surface area contributed by atoms with Crippen LogP contribution >= 0.6 is 23.2 Å². The number of benzene rings is 3. The quantitative estimate of drug-likeness (QED) is 0.513. The molecule has 0 aliphatic heterocycles. The molecule has 2 N–H and O–H groups in total. The van der Waals surface area contributed by atoms with Crippen LogP contribution in [-0.4, -0.2) is 21.4 Å². The number of methoxy groups -OCH3 is 1. The predicted molar refractivity (Wildman–Crippen MR) is 119 cm³/mol. The number of halogens is 2. The van der Waals surface area contributed by atoms with Crippen molar-refractivity contribution >= 4 is 50.5 Å². The summed E-state index contributed by atoms with van der Waals surface area (Å²) in [6.45, 7) is 1.84. The van der Waals surface area contributed by atoms with Crippen molar-refractivity contribution in [2.75, 3.05) is 17.1 Å². The van der Waals surface area contributed by atoms with Crippen molar-refractivity contribution in [1.82, 2.24) is 0 Å². The van der Waals surface area contributed by atoms with E-state index in [1.807, 2.05) is 13.0 Å². The summed E-state index contributed by atoms with van der Waals surface area (Å²) in [5.74, 6) is 0.0574. The van der Waals surface area contributed by atoms with Gasteiger partial charge in [0.1, 0.15) is 10.6 Å². The molecule has 6 nitrogen and oxygen atoms in total. The van der Waals surface area contributed by atoms with Crippen LogP contribution in [0.3, 0.4) is 0 Å². The second-order valence-electron chi connectivity index (χ2n) is 6.42. The fraction of sp³-hybridized carbons (Fsp3) is 0.0952. The van der Waals surface area contributed by atoms with E-state index in [0.29, 0.717) is 17.1 Å². The first-order chi connectivity index (χ1) is 14.2. The molecule has 0 aliphatic carbocycles. The van der Waals surface area contributed by atoms with Gasteiger partial charge in [-0.2, -0.15) is 0 Å². The van der Waals surface area contributed by atoms with Crippen LogP contribution in [0.1, 0.15) is 15.9 Å². The van der Waals surface area contributed by atoms with E-state index in [-0.39, 0.29) is 20.5 Å². The average molecular weight is 465 g/mol. The van der Waals surface area contributed by atoms with Gasteiger partial charge in [-0.1, -0.05) is 35.3 Å². The third-order valence-corrected chi connectivity index (χ3v) is 6.33. The molecule has 0 atom stereocenters. The lowest BCUT2D eigenvalue weighted by atomic mass is 10.2. The molecule has 0 aromatic heterocycles. The number of anilines is 2. The Bertz CT molecular complexity index is 1200. The van der Waals surface area contributed by atoms with Gasteiger partial charge < -0.3 is 10.1 Å². The molecule has 3 aromatic rings. The highest BCUT2D eigenvalue weighted by Crippen LogP contribution is 2.31. The Kier molecular flexibility index (Phi) is 6.55. The number of rotatable bonds is 6. The van der Waals surface area contributed by atoms with Crippen LogP contribution in [0.15, 0.2) is 65.6 Å². The zero-order valence-electron chi connectivity index (χ0n) is 16.1. The van der Waals surface area contributed by atoms with Gasteiger partial charge in [0.05, 0.1) is 22.7 Å². The molecule has 1 amide bonds. The highest BCUT2D eigenvalue weighted by atomic mass is 35.5. The molecule has 0 aliphatic rings. The van der Waals surface area contributed by atoms with E-state index in [4.69, 9.17) is 27.9 Å². The molecule has 156 valence electrons. The molecule has 0 spiro atoms. The third-order valence-electron chi connectivity index (χ3n) is 4.17. The van der Waals surface area contributed by atoms with Crippen LogP contribution in [0.2, 0.25) is 10.0 Å². The monoisotopic (exact) mass is 464 g/mol. The SMILES string of the molecule is COc1ccc(NC(=O)c2cc(S(=O)(=O)Nc3cccc(C)c3)c(Cl)cc2Cl)cc1. The van der Waals surface area contributed by atoms with Crippen LogP contribution in [-0.2, 0) is 10.0 Å². The molecule has 3 aromatic carbocycles. The topological polar surface area (TPSA) is 84.5 Å². The lowest BCUT2D eigenvalue weighted by Crippen LogP contribution is -2.17. The number of hydrogen-bond acceptors (Lipinski definition) is 4. The molecule has 9 heteroatoms. The summed E-state index contributed by atoms with van der Waals surface area (Å²) < 4.78 is 33.3. The van der Waals surface area contributed by atoms with Gasteiger partial charge in [-0.05, 0) is 61.0 Å². The number of carbonyl (C=O) groups excluding carboxylic acids is 1. The smallest absolute Gasteiger partial charge is 0.263 e. The maximum Gasteiger partial charge on any atom is 0.263 e. The van der Waals surface area contributed by atoms with E-state index in [1.165, 1.54) is 13.2 Å². The molecule has 0 radical (unpaired) electrons. The second-order valence-corrected chi connectivity index (χ2v) is 8.89. The van der Waals surface area contributed by atoms with Crippen molar-refractivity contribution in [2.24, 2.45) is 0 Å². The summed E-state index contributed by atoms with van der Waals surface area (Å²) in [7, 11) is -2.52. The molecule has 3 rings (SSSR count). The van der Waals surface area contributed by atoms with Crippen LogP contribution in [0.5, 0.6) is 5.75 Å². The minimum absolute atomic E-state index is 0.0264. The van der Waals surface area contributed by atoms with Crippen LogP contribution in [0.25, 0.3) is 0 Å². The van der Waals surface area contributed by atoms with Crippen LogP contribution < -0.4 is 14.8 Å². The maximum atomic E-state index is 12.9. The molecular formula is C21H18Cl2N2O4S. The second kappa shape index (κ2) is 8.95. The molecule has 0 bridgehead atoms. The van der Waals surface area contributed by atoms with Gasteiger partial charge in [0.15, 0.2) is 0 Å². The Morgan fingerprint density at radius 1 is 0.933 bits per heavy atom. The zero-order chi connectivity index (χ0) is 21.9. The van der Waals surface area contributed by atoms with E-state index in [9.17, 15) is 13.2 Å². The standard InChI is InChI=1S/C21H18Cl2N2O4S/c1-13-4-3-5-15(10-13)25-30(27,28)20-11-17(18(22)12-19(20)23)21(26)24-14-6-8-16(29-2)9-7-14/h3-12,25H,1-2H3,(H,24,26). The Balaban J connectivity index is 1.91. The van der Waals surface area contributed by atoms with Crippen LogP contribution in [0.4, 0.5) is 11.4 Å². The summed E-state index contributed by atoms with van der Waals surface area (Å²) in [5, 5.41) is 2.60. The average Bonchev–Trinajstić information content (AvgIpc) is 2.68. The van der Waals surface area contributed by atoms with E-state index < -0.39 is 15.9 Å². The van der Waals surface area contributed by atoms with E-state index in [1.54, 1.807) is 42.5 Å². The number of ether oxygens (including phenoxy) is 1. The van der Waals surface area contributed by atoms with E-state index in [0.717, 1.165) is 11.6 Å². The van der Waals surface area contributed by atoms with Gasteiger partial charge in [-0.3, -0.25) is 9.52 Å². The predicted octanol–water partition coefficient (Wildman–Crippen LogP) is 5.36. The van der Waals surface area contributed by atoms with Crippen LogP contribution in [0, 0.1) is 6.92 Å². The van der Waals surface area contributed by atoms with Crippen molar-refractivity contribution < 1.29 is 17.9 Å². The van der Waals surface area contributed by atoms with Crippen molar-refractivity contribution in [3.8, 4) is 5.75 Å². The highest BCUT2D eigenvalue weighted by Gasteiger charge is 2.23. The van der Waals surface area contributed by atoms with Gasteiger partial charge in [0.2, 0.25) is 0 Å². The first-order valence-corrected chi connectivity index (χ1v) is 11.0. The maximum absolute atomic E-state index is 12.9. The summed E-state index contributed by atoms with van der Waals surface area (Å²) in [4.78, 5) is 12.4. The highest BCUT2D eigenvalue weighted by molar-refractivity contribution is 7.92. The van der Waals surface area contributed by atoms with Gasteiger partial charge in [-0.15, -0.1) is 0 Å². The van der Waals surface area contributed by atoms with Gasteiger partial charge >= 0.3 is 0 Å². The molecular weight excluding hydrogens is 447 g/mol. The fourth-order valence-electron chi connectivity index (χ4n) is 2.70. The van der Waals surface area contributed by atoms with Gasteiger partial charge in [-0.25, -0.2) is 8.42 Å². The van der Waals surface area contributed by atoms with E-state index in [2.05, 4.69) is 10.0 Å². The number of amides is 1. The minimum Gasteiger partial charge on any atom is -0.497 e. The Labute approximate surface area is 184 Å². The van der Waals surface area contributed by atoms with Crippen molar-refractivity contribution in [2.45, 2.75) is 11.8 Å². The van der Waals surface area contributed by atoms with Crippen molar-refractivity contribution in [3.63, 3.8) is 0 Å². The Hall–Kier alpha value is -2.74. The molecule has 30 heavy (non-hydrogen) atoms. The summed E-state index contributed by atoms with van der Waals surface area (Å²) in [6.07, 6.45) is 0. The Morgan fingerprint density at radius 3 is 2.27 bits per heavy atom. The minimum atomic E-state index is -4.05. The number of sulfonamides is 1. The first-order valence-electron chi connectivity index (χ1n) is 8.73. The van der Waals surface area contributed by atoms with Crippen molar-refractivity contribution in [3.05, 3.63) is 81.8 Å². The normalized spacial score (nSPS) is 11.1. The molecule has 0 fully saturated rings. The Morgan fingerprint density at radius 2 is 1.63 bits per heavy atom. The fourth-order valence-corrected chi connectivity index (χ4v) is 4.61. The lowest BCUT2D eigenvalue weighted by molar-refractivity contribution is 0.102. The summed E-state index contributed by atoms with van der Waals surface area (Å²) in [5.41, 5.74) is 1.73. The number of aryl methyl sites for hydroxylation is 1. The van der Waals surface area contributed by atoms with Gasteiger partial charge in [0.25, 0.3) is 15.9 Å². The van der Waals surface area contributed by atoms with Crippen molar-refractivity contribution in [1.29, 1.82) is 0 Å². The molecule has 0 saturated heterocycles. The number of nitrogens with one attached hydrogen (secondary N) is 2. The summed E-state index contributed by atoms with van der Waals surface area (Å²) in [6, 6.07) is 15.9. The van der Waals surface area contributed by atoms with E-state index >= 15 is 0 Å². The lowest BCUT2D eigenvalue weighted by Gasteiger charge is -2.13. The molecule has 0 unspecified atom stereocenters. The number of carbonyl (C=O) groups is 1. The molecule has 0 saturated carbocycles. The number of hydrogen-bond donors (Lipinski definition) is 2. The largest absolute Gasteiger partial charge is 0.497 e. The third kappa shape index (κ3) is 5.05. The zero-order valence-corrected chi connectivity index (χ0v) is 18.4. The summed E-state index contributed by atoms with van der Waals surface area (Å²) >= 11 is 12.3.